The van der Waals surface area contributed by atoms with E-state index in [9.17, 15) is 13.2 Å². The molecule has 1 aliphatic rings. The number of halogens is 3. The highest BCUT2D eigenvalue weighted by atomic mass is 19.4. The molecular formula is C14H18F3NO3. The first-order valence-electron chi connectivity index (χ1n) is 6.64. The maximum Gasteiger partial charge on any atom is 0.573 e. The Morgan fingerprint density at radius 2 is 2.00 bits per heavy atom. The van der Waals surface area contributed by atoms with Crippen LogP contribution in [0.2, 0.25) is 0 Å². The molecule has 0 saturated carbocycles. The fourth-order valence-electron chi connectivity index (χ4n) is 2.18. The Hall–Kier alpha value is -1.31. The largest absolute Gasteiger partial charge is 0.573 e. The van der Waals surface area contributed by atoms with Crippen LogP contribution in [0.5, 0.6) is 5.75 Å². The van der Waals surface area contributed by atoms with E-state index in [1.54, 1.807) is 19.2 Å². The van der Waals surface area contributed by atoms with E-state index in [2.05, 4.69) is 9.64 Å². The van der Waals surface area contributed by atoms with Gasteiger partial charge in [-0.2, -0.15) is 0 Å². The van der Waals surface area contributed by atoms with E-state index < -0.39 is 6.36 Å². The van der Waals surface area contributed by atoms with Gasteiger partial charge in [0.15, 0.2) is 0 Å². The number of hydrogen-bond donors (Lipinski definition) is 0. The molecule has 21 heavy (non-hydrogen) atoms. The molecule has 1 heterocycles. The fourth-order valence-corrected chi connectivity index (χ4v) is 2.18. The summed E-state index contributed by atoms with van der Waals surface area (Å²) in [6.07, 6.45) is -4.64. The van der Waals surface area contributed by atoms with Gasteiger partial charge in [-0.25, -0.2) is 0 Å². The lowest BCUT2D eigenvalue weighted by atomic mass is 10.2. The van der Waals surface area contributed by atoms with E-state index >= 15 is 0 Å². The molecule has 0 amide bonds. The Labute approximate surface area is 121 Å². The van der Waals surface area contributed by atoms with E-state index in [-0.39, 0.29) is 11.9 Å². The van der Waals surface area contributed by atoms with Crippen LogP contribution in [-0.4, -0.2) is 50.8 Å². The molecule has 0 bridgehead atoms. The molecule has 4 nitrogen and oxygen atoms in total. The SMILES string of the molecule is CO[C@H]1COCCN(Cc2ccc(OC(F)(F)F)cc2)C1. The van der Waals surface area contributed by atoms with Gasteiger partial charge in [0, 0.05) is 26.7 Å². The fraction of sp³-hybridized carbons (Fsp3) is 0.571. The first-order valence-corrected chi connectivity index (χ1v) is 6.64. The third kappa shape index (κ3) is 5.53. The summed E-state index contributed by atoms with van der Waals surface area (Å²) in [7, 11) is 1.64. The lowest BCUT2D eigenvalue weighted by molar-refractivity contribution is -0.274. The van der Waals surface area contributed by atoms with Crippen molar-refractivity contribution in [1.29, 1.82) is 0 Å². The van der Waals surface area contributed by atoms with Crippen molar-refractivity contribution < 1.29 is 27.4 Å². The topological polar surface area (TPSA) is 30.9 Å². The highest BCUT2D eigenvalue weighted by molar-refractivity contribution is 5.27. The van der Waals surface area contributed by atoms with Crippen LogP contribution in [0.25, 0.3) is 0 Å². The smallest absolute Gasteiger partial charge is 0.406 e. The minimum absolute atomic E-state index is 0.0142. The minimum atomic E-state index is -4.66. The Balaban J connectivity index is 1.93. The molecular weight excluding hydrogens is 287 g/mol. The van der Waals surface area contributed by atoms with Gasteiger partial charge in [0.1, 0.15) is 5.75 Å². The number of methoxy groups -OCH3 is 1. The zero-order valence-corrected chi connectivity index (χ0v) is 11.7. The van der Waals surface area contributed by atoms with Gasteiger partial charge in [0.2, 0.25) is 0 Å². The second-order valence-electron chi connectivity index (χ2n) is 4.86. The number of hydrogen-bond acceptors (Lipinski definition) is 4. The van der Waals surface area contributed by atoms with Crippen molar-refractivity contribution in [2.24, 2.45) is 0 Å². The molecule has 0 radical (unpaired) electrons. The maximum atomic E-state index is 12.1. The second kappa shape index (κ2) is 7.11. The van der Waals surface area contributed by atoms with Gasteiger partial charge in [0.05, 0.1) is 19.3 Å². The van der Waals surface area contributed by atoms with E-state index in [0.29, 0.717) is 19.8 Å². The molecule has 1 atom stereocenters. The van der Waals surface area contributed by atoms with E-state index in [1.165, 1.54) is 12.1 Å². The third-order valence-corrected chi connectivity index (χ3v) is 3.21. The molecule has 2 rings (SSSR count). The van der Waals surface area contributed by atoms with Crippen LogP contribution in [0.4, 0.5) is 13.2 Å². The molecule has 0 aromatic heterocycles. The second-order valence-corrected chi connectivity index (χ2v) is 4.86. The van der Waals surface area contributed by atoms with Crippen molar-refractivity contribution in [1.82, 2.24) is 4.90 Å². The van der Waals surface area contributed by atoms with Crippen LogP contribution >= 0.6 is 0 Å². The third-order valence-electron chi connectivity index (χ3n) is 3.21. The Morgan fingerprint density at radius 1 is 1.29 bits per heavy atom. The van der Waals surface area contributed by atoms with Gasteiger partial charge in [0.25, 0.3) is 0 Å². The predicted octanol–water partition coefficient (Wildman–Crippen LogP) is 2.43. The minimum Gasteiger partial charge on any atom is -0.406 e. The molecule has 1 aromatic rings. The lowest BCUT2D eigenvalue weighted by Crippen LogP contribution is -2.33. The average Bonchev–Trinajstić information content (AvgIpc) is 2.64. The summed E-state index contributed by atoms with van der Waals surface area (Å²) in [6.45, 7) is 3.31. The summed E-state index contributed by atoms with van der Waals surface area (Å²) in [4.78, 5) is 2.15. The number of alkyl halides is 3. The average molecular weight is 305 g/mol. The molecule has 0 aliphatic carbocycles. The standard InChI is InChI=1S/C14H18F3NO3/c1-19-13-9-18(6-7-20-10-13)8-11-2-4-12(5-3-11)21-14(15,16)17/h2-5,13H,6-10H2,1H3/t13-/m1/s1. The van der Waals surface area contributed by atoms with E-state index in [0.717, 1.165) is 18.7 Å². The number of ether oxygens (including phenoxy) is 3. The van der Waals surface area contributed by atoms with Gasteiger partial charge >= 0.3 is 6.36 Å². The van der Waals surface area contributed by atoms with Crippen molar-refractivity contribution in [3.05, 3.63) is 29.8 Å². The van der Waals surface area contributed by atoms with Gasteiger partial charge in [-0.05, 0) is 17.7 Å². The summed E-state index contributed by atoms with van der Waals surface area (Å²) in [5.74, 6) is -0.208. The summed E-state index contributed by atoms with van der Waals surface area (Å²) in [6, 6.07) is 5.92. The zero-order chi connectivity index (χ0) is 15.3. The van der Waals surface area contributed by atoms with Crippen molar-refractivity contribution in [2.45, 2.75) is 19.0 Å². The van der Waals surface area contributed by atoms with Gasteiger partial charge < -0.3 is 14.2 Å². The first kappa shape index (κ1) is 16.1. The van der Waals surface area contributed by atoms with Crippen molar-refractivity contribution in [3.8, 4) is 5.75 Å². The van der Waals surface area contributed by atoms with E-state index in [4.69, 9.17) is 9.47 Å². The van der Waals surface area contributed by atoms with Crippen LogP contribution in [0.1, 0.15) is 5.56 Å². The number of benzene rings is 1. The molecule has 0 N–H and O–H groups in total. The van der Waals surface area contributed by atoms with Crippen LogP contribution in [0.3, 0.4) is 0 Å². The summed E-state index contributed by atoms with van der Waals surface area (Å²) in [5, 5.41) is 0. The number of nitrogens with zero attached hydrogens (tertiary/aromatic N) is 1. The normalized spacial score (nSPS) is 21.0. The summed E-state index contributed by atoms with van der Waals surface area (Å²) >= 11 is 0. The van der Waals surface area contributed by atoms with Crippen LogP contribution in [0, 0.1) is 0 Å². The monoisotopic (exact) mass is 305 g/mol. The Kier molecular flexibility index (Phi) is 5.44. The highest BCUT2D eigenvalue weighted by Crippen LogP contribution is 2.23. The van der Waals surface area contributed by atoms with Crippen molar-refractivity contribution >= 4 is 0 Å². The van der Waals surface area contributed by atoms with Crippen LogP contribution in [-0.2, 0) is 16.0 Å². The predicted molar refractivity (Wildman–Crippen MR) is 70.0 cm³/mol. The Morgan fingerprint density at radius 3 is 2.62 bits per heavy atom. The quantitative estimate of drug-likeness (QED) is 0.855. The summed E-state index contributed by atoms with van der Waals surface area (Å²) in [5.41, 5.74) is 0.918. The van der Waals surface area contributed by atoms with E-state index in [1.807, 2.05) is 0 Å². The highest BCUT2D eigenvalue weighted by Gasteiger charge is 2.31. The van der Waals surface area contributed by atoms with Crippen molar-refractivity contribution in [3.63, 3.8) is 0 Å². The Bertz CT molecular complexity index is 436. The maximum absolute atomic E-state index is 12.1. The molecule has 118 valence electrons. The molecule has 0 spiro atoms. The van der Waals surface area contributed by atoms with Gasteiger partial charge in [-0.1, -0.05) is 12.1 Å². The summed E-state index contributed by atoms with van der Waals surface area (Å²) < 4.78 is 50.8. The molecule has 0 unspecified atom stereocenters. The first-order chi connectivity index (χ1) is 9.96. The van der Waals surface area contributed by atoms with Gasteiger partial charge in [-0.15, -0.1) is 13.2 Å². The molecule has 1 aliphatic heterocycles. The van der Waals surface area contributed by atoms with Crippen molar-refractivity contribution in [2.75, 3.05) is 33.4 Å². The zero-order valence-electron chi connectivity index (χ0n) is 11.7. The van der Waals surface area contributed by atoms with Crippen LogP contribution in [0.15, 0.2) is 24.3 Å². The number of rotatable bonds is 4. The lowest BCUT2D eigenvalue weighted by Gasteiger charge is -2.22. The molecule has 1 aromatic carbocycles. The molecule has 1 saturated heterocycles. The van der Waals surface area contributed by atoms with Gasteiger partial charge in [-0.3, -0.25) is 4.90 Å². The molecule has 1 fully saturated rings. The molecule has 7 heteroatoms. The van der Waals surface area contributed by atoms with Crippen LogP contribution < -0.4 is 4.74 Å².